The summed E-state index contributed by atoms with van der Waals surface area (Å²) in [7, 11) is 0. The predicted molar refractivity (Wildman–Crippen MR) is 67.6 cm³/mol. The minimum absolute atomic E-state index is 0.223. The highest BCUT2D eigenvalue weighted by Crippen LogP contribution is 2.41. The molecule has 90 valence electrons. The van der Waals surface area contributed by atoms with E-state index in [-0.39, 0.29) is 17.9 Å². The minimum Gasteiger partial charge on any atom is -0.364 e. The van der Waals surface area contributed by atoms with Gasteiger partial charge in [0.15, 0.2) is 0 Å². The molecule has 2 aliphatic rings. The molecule has 3 rings (SSSR count). The number of anilines is 1. The van der Waals surface area contributed by atoms with Gasteiger partial charge in [-0.1, -0.05) is 0 Å². The lowest BCUT2D eigenvalue weighted by Gasteiger charge is -2.36. The molecule has 0 saturated carbocycles. The topological polar surface area (TPSA) is 20.3 Å². The number of fused-ring (bicyclic) bond motifs is 2. The third-order valence-electron chi connectivity index (χ3n) is 3.73. The van der Waals surface area contributed by atoms with Crippen LogP contribution in [0.2, 0.25) is 0 Å². The van der Waals surface area contributed by atoms with Gasteiger partial charge in [0.2, 0.25) is 0 Å². The number of benzene rings is 1. The van der Waals surface area contributed by atoms with E-state index in [4.69, 9.17) is 0 Å². The van der Waals surface area contributed by atoms with Crippen LogP contribution in [0.3, 0.4) is 0 Å². The van der Waals surface area contributed by atoms with Crippen LogP contribution in [0.15, 0.2) is 22.7 Å². The quantitative estimate of drug-likeness (QED) is 0.793. The zero-order valence-electron chi connectivity index (χ0n) is 9.33. The number of rotatable bonds is 1. The number of hydrogen-bond acceptors (Lipinski definition) is 2. The van der Waals surface area contributed by atoms with Crippen molar-refractivity contribution < 1.29 is 9.18 Å². The summed E-state index contributed by atoms with van der Waals surface area (Å²) in [5, 5.41) is 0. The average Bonchev–Trinajstić information content (AvgIpc) is 2.54. The Bertz CT molecular complexity index is 460. The maximum atomic E-state index is 13.3. The highest BCUT2D eigenvalue weighted by atomic mass is 79.9. The molecule has 0 aliphatic carbocycles. The second-order valence-electron chi connectivity index (χ2n) is 4.83. The maximum absolute atomic E-state index is 13.3. The second-order valence-corrected chi connectivity index (χ2v) is 5.69. The van der Waals surface area contributed by atoms with Crippen molar-refractivity contribution in [3.63, 3.8) is 0 Å². The smallest absolute Gasteiger partial charge is 0.137 e. The van der Waals surface area contributed by atoms with Gasteiger partial charge in [-0.2, -0.15) is 0 Å². The molecule has 0 amide bonds. The van der Waals surface area contributed by atoms with Crippen molar-refractivity contribution in [1.82, 2.24) is 0 Å². The van der Waals surface area contributed by atoms with Crippen LogP contribution in [-0.4, -0.2) is 17.9 Å². The highest BCUT2D eigenvalue weighted by Gasteiger charge is 2.40. The van der Waals surface area contributed by atoms with Gasteiger partial charge in [-0.3, -0.25) is 4.79 Å². The summed E-state index contributed by atoms with van der Waals surface area (Å²) in [5.41, 5.74) is 0.894. The van der Waals surface area contributed by atoms with Crippen molar-refractivity contribution in [3.05, 3.63) is 28.5 Å². The number of carbonyl (C=O) groups excluding carboxylic acids is 1. The number of halogens is 2. The number of carbonyl (C=O) groups is 1. The Morgan fingerprint density at radius 3 is 2.53 bits per heavy atom. The summed E-state index contributed by atoms with van der Waals surface area (Å²) in [5.74, 6) is 0.126. The zero-order chi connectivity index (χ0) is 12.0. The second kappa shape index (κ2) is 4.09. The third kappa shape index (κ3) is 1.88. The normalized spacial score (nSPS) is 27.6. The van der Waals surface area contributed by atoms with Gasteiger partial charge >= 0.3 is 0 Å². The van der Waals surface area contributed by atoms with E-state index in [0.29, 0.717) is 18.6 Å². The van der Waals surface area contributed by atoms with Crippen molar-refractivity contribution >= 4 is 27.4 Å². The molecule has 0 radical (unpaired) electrons. The lowest BCUT2D eigenvalue weighted by Crippen LogP contribution is -2.43. The molecule has 0 N–H and O–H groups in total. The van der Waals surface area contributed by atoms with Gasteiger partial charge in [0.05, 0.1) is 5.69 Å². The molecule has 0 spiro atoms. The van der Waals surface area contributed by atoms with E-state index in [1.54, 1.807) is 12.1 Å². The van der Waals surface area contributed by atoms with Gasteiger partial charge in [-0.05, 0) is 47.0 Å². The van der Waals surface area contributed by atoms with Crippen LogP contribution in [0.5, 0.6) is 0 Å². The summed E-state index contributed by atoms with van der Waals surface area (Å²) < 4.78 is 14.2. The molecule has 2 aliphatic heterocycles. The van der Waals surface area contributed by atoms with Gasteiger partial charge in [0.25, 0.3) is 0 Å². The number of piperidine rings is 1. The SMILES string of the molecule is O=C1CC2CCC(C1)N2c1cc(F)ccc1Br. The maximum Gasteiger partial charge on any atom is 0.137 e. The summed E-state index contributed by atoms with van der Waals surface area (Å²) in [6, 6.07) is 5.27. The van der Waals surface area contributed by atoms with Crippen LogP contribution < -0.4 is 4.90 Å². The molecular formula is C13H13BrFNO. The van der Waals surface area contributed by atoms with E-state index in [9.17, 15) is 9.18 Å². The van der Waals surface area contributed by atoms with E-state index >= 15 is 0 Å². The van der Waals surface area contributed by atoms with Gasteiger partial charge in [-0.25, -0.2) is 4.39 Å². The number of hydrogen-bond donors (Lipinski definition) is 0. The first kappa shape index (κ1) is 11.2. The number of Topliss-reactive ketones (excluding diaryl/α,β-unsaturated/α-hetero) is 1. The molecule has 2 nitrogen and oxygen atoms in total. The predicted octanol–water partition coefficient (Wildman–Crippen LogP) is 3.29. The Kier molecular flexibility index (Phi) is 2.69. The Labute approximate surface area is 108 Å². The van der Waals surface area contributed by atoms with E-state index in [1.165, 1.54) is 6.07 Å². The van der Waals surface area contributed by atoms with Crippen molar-refractivity contribution in [1.29, 1.82) is 0 Å². The molecule has 17 heavy (non-hydrogen) atoms. The van der Waals surface area contributed by atoms with Crippen LogP contribution in [-0.2, 0) is 4.79 Å². The molecular weight excluding hydrogens is 285 g/mol. The monoisotopic (exact) mass is 297 g/mol. The van der Waals surface area contributed by atoms with Crippen LogP contribution in [0.25, 0.3) is 0 Å². The third-order valence-corrected chi connectivity index (χ3v) is 4.40. The molecule has 0 aromatic heterocycles. The number of ketones is 1. The fourth-order valence-corrected chi connectivity index (χ4v) is 3.50. The Morgan fingerprint density at radius 2 is 1.88 bits per heavy atom. The molecule has 2 unspecified atom stereocenters. The zero-order valence-corrected chi connectivity index (χ0v) is 10.9. The molecule has 2 saturated heterocycles. The summed E-state index contributed by atoms with van der Waals surface area (Å²) in [4.78, 5) is 13.8. The molecule has 2 heterocycles. The van der Waals surface area contributed by atoms with E-state index in [2.05, 4.69) is 20.8 Å². The first-order chi connectivity index (χ1) is 8.15. The molecule has 2 bridgehead atoms. The van der Waals surface area contributed by atoms with Gasteiger partial charge in [-0.15, -0.1) is 0 Å². The highest BCUT2D eigenvalue weighted by molar-refractivity contribution is 9.10. The van der Waals surface area contributed by atoms with Crippen LogP contribution in [0.4, 0.5) is 10.1 Å². The summed E-state index contributed by atoms with van der Waals surface area (Å²) in [6.07, 6.45) is 3.30. The van der Waals surface area contributed by atoms with Crippen LogP contribution in [0, 0.1) is 5.82 Å². The van der Waals surface area contributed by atoms with Gasteiger partial charge in [0.1, 0.15) is 11.6 Å². The van der Waals surface area contributed by atoms with E-state index < -0.39 is 0 Å². The Hall–Kier alpha value is -0.900. The lowest BCUT2D eigenvalue weighted by atomic mass is 10.0. The largest absolute Gasteiger partial charge is 0.364 e. The minimum atomic E-state index is -0.223. The summed E-state index contributed by atoms with van der Waals surface area (Å²) in [6.45, 7) is 0. The van der Waals surface area contributed by atoms with Crippen LogP contribution >= 0.6 is 15.9 Å². The lowest BCUT2D eigenvalue weighted by molar-refractivity contribution is -0.120. The van der Waals surface area contributed by atoms with Crippen LogP contribution in [0.1, 0.15) is 25.7 Å². The Balaban J connectivity index is 1.99. The van der Waals surface area contributed by atoms with Gasteiger partial charge < -0.3 is 4.90 Å². The molecule has 4 heteroatoms. The first-order valence-electron chi connectivity index (χ1n) is 5.90. The number of nitrogens with zero attached hydrogens (tertiary/aromatic N) is 1. The standard InChI is InChI=1S/C13H13BrFNO/c14-12-4-1-8(15)5-13(12)16-9-2-3-10(16)7-11(17)6-9/h1,4-5,9-10H,2-3,6-7H2. The van der Waals surface area contributed by atoms with Crippen molar-refractivity contribution in [2.45, 2.75) is 37.8 Å². The molecule has 2 atom stereocenters. The fraction of sp³-hybridized carbons (Fsp3) is 0.462. The first-order valence-corrected chi connectivity index (χ1v) is 6.69. The summed E-state index contributed by atoms with van der Waals surface area (Å²) >= 11 is 3.47. The van der Waals surface area contributed by atoms with Crippen molar-refractivity contribution in [2.75, 3.05) is 4.90 Å². The van der Waals surface area contributed by atoms with E-state index in [1.807, 2.05) is 0 Å². The molecule has 2 fully saturated rings. The van der Waals surface area contributed by atoms with Crippen molar-refractivity contribution in [3.8, 4) is 0 Å². The molecule has 1 aromatic carbocycles. The Morgan fingerprint density at radius 1 is 1.24 bits per heavy atom. The fourth-order valence-electron chi connectivity index (χ4n) is 3.05. The average molecular weight is 298 g/mol. The molecule has 1 aromatic rings. The van der Waals surface area contributed by atoms with E-state index in [0.717, 1.165) is 23.0 Å². The van der Waals surface area contributed by atoms with Gasteiger partial charge in [0, 0.05) is 29.4 Å². The van der Waals surface area contributed by atoms with Crippen molar-refractivity contribution in [2.24, 2.45) is 0 Å².